The highest BCUT2D eigenvalue weighted by Gasteiger charge is 2.20. The topological polar surface area (TPSA) is 38.7 Å². The number of ether oxygens (including phenoxy) is 2. The van der Waals surface area contributed by atoms with Gasteiger partial charge in [-0.1, -0.05) is 36.4 Å². The zero-order valence-electron chi connectivity index (χ0n) is 11.3. The molecule has 1 aliphatic rings. The first kappa shape index (κ1) is 13.2. The van der Waals surface area contributed by atoms with Crippen LogP contribution in [-0.2, 0) is 17.8 Å². The molecule has 1 aliphatic heterocycles. The van der Waals surface area contributed by atoms with Crippen LogP contribution in [0.3, 0.4) is 0 Å². The third-order valence-electron chi connectivity index (χ3n) is 3.60. The molecule has 3 nitrogen and oxygen atoms in total. The lowest BCUT2D eigenvalue weighted by Crippen LogP contribution is -2.21. The third kappa shape index (κ3) is 2.84. The Morgan fingerprint density at radius 3 is 2.70 bits per heavy atom. The van der Waals surface area contributed by atoms with Crippen molar-refractivity contribution in [3.05, 3.63) is 65.2 Å². The van der Waals surface area contributed by atoms with Crippen molar-refractivity contribution in [3.63, 3.8) is 0 Å². The molecule has 104 valence electrons. The molecule has 0 saturated carbocycles. The van der Waals surface area contributed by atoms with Crippen LogP contribution in [0, 0.1) is 0 Å². The van der Waals surface area contributed by atoms with Crippen LogP contribution < -0.4 is 4.74 Å². The lowest BCUT2D eigenvalue weighted by Gasteiger charge is -2.26. The van der Waals surface area contributed by atoms with Crippen LogP contribution >= 0.6 is 0 Å². The second kappa shape index (κ2) is 6.07. The molecule has 20 heavy (non-hydrogen) atoms. The lowest BCUT2D eigenvalue weighted by atomic mass is 9.98. The van der Waals surface area contributed by atoms with E-state index in [2.05, 4.69) is 18.2 Å². The molecule has 2 aromatic carbocycles. The Hall–Kier alpha value is -1.84. The van der Waals surface area contributed by atoms with Crippen LogP contribution in [0.2, 0.25) is 0 Å². The fraction of sp³-hybridized carbons (Fsp3) is 0.294. The van der Waals surface area contributed by atoms with E-state index in [1.807, 2.05) is 30.3 Å². The Morgan fingerprint density at radius 2 is 1.90 bits per heavy atom. The number of hydrogen-bond donors (Lipinski definition) is 1. The summed E-state index contributed by atoms with van der Waals surface area (Å²) in [5.41, 5.74) is 3.46. The summed E-state index contributed by atoms with van der Waals surface area (Å²) < 4.78 is 11.6. The molecule has 0 bridgehead atoms. The van der Waals surface area contributed by atoms with Gasteiger partial charge in [0, 0.05) is 0 Å². The van der Waals surface area contributed by atoms with E-state index in [-0.39, 0.29) is 12.7 Å². The molecule has 0 fully saturated rings. The first-order valence-corrected chi connectivity index (χ1v) is 6.89. The standard InChI is InChI=1S/C17H18O3/c18-11-13-5-7-15(8-6-13)20-12-17-16-4-2-1-3-14(16)9-10-19-17/h1-8,17-18H,9-12H2. The lowest BCUT2D eigenvalue weighted by molar-refractivity contribution is 0.0102. The molecule has 3 rings (SSSR count). The predicted molar refractivity (Wildman–Crippen MR) is 76.7 cm³/mol. The third-order valence-corrected chi connectivity index (χ3v) is 3.60. The molecule has 2 aromatic rings. The molecule has 1 heterocycles. The average molecular weight is 270 g/mol. The zero-order chi connectivity index (χ0) is 13.8. The Kier molecular flexibility index (Phi) is 4.00. The molecule has 0 saturated heterocycles. The maximum absolute atomic E-state index is 9.01. The van der Waals surface area contributed by atoms with Gasteiger partial charge in [-0.3, -0.25) is 0 Å². The number of fused-ring (bicyclic) bond motifs is 1. The van der Waals surface area contributed by atoms with Gasteiger partial charge in [0.25, 0.3) is 0 Å². The van der Waals surface area contributed by atoms with Crippen LogP contribution in [0.15, 0.2) is 48.5 Å². The average Bonchev–Trinajstić information content (AvgIpc) is 2.53. The second-order valence-electron chi connectivity index (χ2n) is 4.92. The summed E-state index contributed by atoms with van der Waals surface area (Å²) in [5, 5.41) is 9.01. The number of aliphatic hydroxyl groups is 1. The van der Waals surface area contributed by atoms with Crippen molar-refractivity contribution >= 4 is 0 Å². The Bertz CT molecular complexity index is 563. The van der Waals surface area contributed by atoms with E-state index in [0.717, 1.165) is 24.3 Å². The summed E-state index contributed by atoms with van der Waals surface area (Å²) in [7, 11) is 0. The number of hydrogen-bond acceptors (Lipinski definition) is 3. The number of benzene rings is 2. The summed E-state index contributed by atoms with van der Waals surface area (Å²) in [6.07, 6.45) is 0.968. The van der Waals surface area contributed by atoms with E-state index in [9.17, 15) is 0 Å². The summed E-state index contributed by atoms with van der Waals surface area (Å²) in [6, 6.07) is 15.8. The van der Waals surface area contributed by atoms with E-state index in [1.54, 1.807) is 0 Å². The molecule has 1 unspecified atom stereocenters. The van der Waals surface area contributed by atoms with Gasteiger partial charge in [0.2, 0.25) is 0 Å². The van der Waals surface area contributed by atoms with Crippen molar-refractivity contribution in [2.24, 2.45) is 0 Å². The van der Waals surface area contributed by atoms with Crippen LogP contribution in [0.25, 0.3) is 0 Å². The summed E-state index contributed by atoms with van der Waals surface area (Å²) >= 11 is 0. The van der Waals surface area contributed by atoms with Gasteiger partial charge in [0.1, 0.15) is 18.5 Å². The Labute approximate surface area is 118 Å². The van der Waals surface area contributed by atoms with Crippen molar-refractivity contribution in [1.82, 2.24) is 0 Å². The van der Waals surface area contributed by atoms with Gasteiger partial charge in [-0.05, 0) is 35.2 Å². The van der Waals surface area contributed by atoms with Gasteiger partial charge < -0.3 is 14.6 Å². The van der Waals surface area contributed by atoms with Gasteiger partial charge in [-0.15, -0.1) is 0 Å². The highest BCUT2D eigenvalue weighted by molar-refractivity contribution is 5.31. The molecule has 0 radical (unpaired) electrons. The smallest absolute Gasteiger partial charge is 0.119 e. The maximum atomic E-state index is 9.01. The zero-order valence-corrected chi connectivity index (χ0v) is 11.3. The van der Waals surface area contributed by atoms with Crippen molar-refractivity contribution in [1.29, 1.82) is 0 Å². The molecule has 1 atom stereocenters. The van der Waals surface area contributed by atoms with Gasteiger partial charge in [-0.2, -0.15) is 0 Å². The van der Waals surface area contributed by atoms with Crippen molar-refractivity contribution < 1.29 is 14.6 Å². The van der Waals surface area contributed by atoms with Gasteiger partial charge in [0.05, 0.1) is 13.2 Å². The monoisotopic (exact) mass is 270 g/mol. The van der Waals surface area contributed by atoms with Crippen molar-refractivity contribution in [3.8, 4) is 5.75 Å². The fourth-order valence-electron chi connectivity index (χ4n) is 2.48. The number of rotatable bonds is 4. The molecular formula is C17H18O3. The van der Waals surface area contributed by atoms with Crippen LogP contribution in [0.4, 0.5) is 0 Å². The minimum Gasteiger partial charge on any atom is -0.491 e. The minimum atomic E-state index is -0.00234. The fourth-order valence-corrected chi connectivity index (χ4v) is 2.48. The Morgan fingerprint density at radius 1 is 1.10 bits per heavy atom. The highest BCUT2D eigenvalue weighted by atomic mass is 16.5. The molecule has 1 N–H and O–H groups in total. The largest absolute Gasteiger partial charge is 0.491 e. The normalized spacial score (nSPS) is 17.6. The quantitative estimate of drug-likeness (QED) is 0.928. The second-order valence-corrected chi connectivity index (χ2v) is 4.92. The van der Waals surface area contributed by atoms with E-state index in [1.165, 1.54) is 11.1 Å². The Balaban J connectivity index is 1.66. The molecule has 0 amide bonds. The molecule has 0 aromatic heterocycles. The summed E-state index contributed by atoms with van der Waals surface area (Å²) in [4.78, 5) is 0. The molecule has 3 heteroatoms. The van der Waals surface area contributed by atoms with Gasteiger partial charge >= 0.3 is 0 Å². The summed E-state index contributed by atoms with van der Waals surface area (Å²) in [6.45, 7) is 1.31. The SMILES string of the molecule is OCc1ccc(OCC2OCCc3ccccc32)cc1. The predicted octanol–water partition coefficient (Wildman–Crippen LogP) is 2.87. The maximum Gasteiger partial charge on any atom is 0.119 e. The van der Waals surface area contributed by atoms with E-state index >= 15 is 0 Å². The van der Waals surface area contributed by atoms with Crippen LogP contribution in [0.5, 0.6) is 5.75 Å². The molecule has 0 aliphatic carbocycles. The van der Waals surface area contributed by atoms with Crippen LogP contribution in [-0.4, -0.2) is 18.3 Å². The van der Waals surface area contributed by atoms with Gasteiger partial charge in [-0.25, -0.2) is 0 Å². The summed E-state index contributed by atoms with van der Waals surface area (Å²) in [5.74, 6) is 0.800. The minimum absolute atomic E-state index is 0.00234. The van der Waals surface area contributed by atoms with Crippen molar-refractivity contribution in [2.45, 2.75) is 19.1 Å². The van der Waals surface area contributed by atoms with Crippen LogP contribution in [0.1, 0.15) is 22.8 Å². The van der Waals surface area contributed by atoms with E-state index in [4.69, 9.17) is 14.6 Å². The first-order chi connectivity index (χ1) is 9.86. The van der Waals surface area contributed by atoms with E-state index < -0.39 is 0 Å². The molecular weight excluding hydrogens is 252 g/mol. The number of aliphatic hydroxyl groups excluding tert-OH is 1. The first-order valence-electron chi connectivity index (χ1n) is 6.89. The van der Waals surface area contributed by atoms with Gasteiger partial charge in [0.15, 0.2) is 0 Å². The van der Waals surface area contributed by atoms with E-state index in [0.29, 0.717) is 6.61 Å². The molecule has 0 spiro atoms. The van der Waals surface area contributed by atoms with Crippen molar-refractivity contribution in [2.75, 3.05) is 13.2 Å². The highest BCUT2D eigenvalue weighted by Crippen LogP contribution is 2.27.